The van der Waals surface area contributed by atoms with Gasteiger partial charge in [0.2, 0.25) is 0 Å². The third-order valence-corrected chi connectivity index (χ3v) is 5.73. The topological polar surface area (TPSA) is 54.0 Å². The quantitative estimate of drug-likeness (QED) is 0.727. The SMILES string of the molecule is COc1ccc(C2=COC3CC(OCc4ccccc4)CCC3C2=O)cc1OC. The van der Waals surface area contributed by atoms with Crippen molar-refractivity contribution < 1.29 is 23.7 Å². The lowest BCUT2D eigenvalue weighted by molar-refractivity contribution is -0.128. The lowest BCUT2D eigenvalue weighted by Gasteiger charge is -2.37. The van der Waals surface area contributed by atoms with Gasteiger partial charge >= 0.3 is 0 Å². The largest absolute Gasteiger partial charge is 0.496 e. The van der Waals surface area contributed by atoms with Crippen LogP contribution in [0.4, 0.5) is 0 Å². The first-order chi connectivity index (χ1) is 14.2. The zero-order chi connectivity index (χ0) is 20.2. The number of Topliss-reactive ketones (excluding diaryl/α,β-unsaturated/α-hetero) is 1. The predicted molar refractivity (Wildman–Crippen MR) is 110 cm³/mol. The van der Waals surface area contributed by atoms with Crippen molar-refractivity contribution in [3.8, 4) is 11.5 Å². The van der Waals surface area contributed by atoms with Crippen molar-refractivity contribution in [1.82, 2.24) is 0 Å². The van der Waals surface area contributed by atoms with Gasteiger partial charge in [0.05, 0.1) is 44.7 Å². The molecule has 0 aromatic heterocycles. The van der Waals surface area contributed by atoms with Crippen LogP contribution in [0.5, 0.6) is 11.5 Å². The summed E-state index contributed by atoms with van der Waals surface area (Å²) in [5.41, 5.74) is 2.54. The summed E-state index contributed by atoms with van der Waals surface area (Å²) in [7, 11) is 3.18. The Morgan fingerprint density at radius 3 is 2.55 bits per heavy atom. The minimum absolute atomic E-state index is 0.111. The summed E-state index contributed by atoms with van der Waals surface area (Å²) >= 11 is 0. The Bertz CT molecular complexity index is 889. The molecular formula is C24H26O5. The Balaban J connectivity index is 1.43. The van der Waals surface area contributed by atoms with Gasteiger partial charge in [0.25, 0.3) is 0 Å². The van der Waals surface area contributed by atoms with Crippen molar-refractivity contribution in [2.24, 2.45) is 5.92 Å². The van der Waals surface area contributed by atoms with Gasteiger partial charge in [-0.3, -0.25) is 4.79 Å². The van der Waals surface area contributed by atoms with Crippen LogP contribution in [0.25, 0.3) is 5.57 Å². The van der Waals surface area contributed by atoms with Gasteiger partial charge in [0, 0.05) is 6.42 Å². The van der Waals surface area contributed by atoms with E-state index in [0.717, 1.165) is 30.4 Å². The molecule has 5 nitrogen and oxygen atoms in total. The fourth-order valence-corrected chi connectivity index (χ4v) is 4.11. The number of hydrogen-bond acceptors (Lipinski definition) is 5. The highest BCUT2D eigenvalue weighted by Crippen LogP contribution is 2.39. The van der Waals surface area contributed by atoms with Gasteiger partial charge in [-0.15, -0.1) is 0 Å². The summed E-state index contributed by atoms with van der Waals surface area (Å²) in [5, 5.41) is 0. The molecule has 2 aromatic rings. The van der Waals surface area contributed by atoms with Crippen LogP contribution in [0.2, 0.25) is 0 Å². The molecule has 0 bridgehead atoms. The van der Waals surface area contributed by atoms with Crippen LogP contribution in [0.1, 0.15) is 30.4 Å². The predicted octanol–water partition coefficient (Wildman–Crippen LogP) is 4.40. The molecule has 2 aliphatic rings. The molecule has 1 heterocycles. The lowest BCUT2D eigenvalue weighted by atomic mass is 9.78. The van der Waals surface area contributed by atoms with Crippen molar-refractivity contribution in [3.05, 3.63) is 65.9 Å². The van der Waals surface area contributed by atoms with Crippen molar-refractivity contribution in [2.75, 3.05) is 14.2 Å². The van der Waals surface area contributed by atoms with Crippen LogP contribution in [0.15, 0.2) is 54.8 Å². The maximum atomic E-state index is 13.1. The Morgan fingerprint density at radius 1 is 1.00 bits per heavy atom. The van der Waals surface area contributed by atoms with Gasteiger partial charge in [-0.25, -0.2) is 0 Å². The molecule has 3 unspecified atom stereocenters. The number of rotatable bonds is 6. The molecule has 1 aliphatic carbocycles. The molecule has 0 saturated heterocycles. The highest BCUT2D eigenvalue weighted by Gasteiger charge is 2.40. The van der Waals surface area contributed by atoms with E-state index in [-0.39, 0.29) is 23.9 Å². The number of benzene rings is 2. The van der Waals surface area contributed by atoms with Gasteiger partial charge in [-0.2, -0.15) is 0 Å². The smallest absolute Gasteiger partial charge is 0.173 e. The third kappa shape index (κ3) is 4.15. The molecule has 4 rings (SSSR count). The first-order valence-electron chi connectivity index (χ1n) is 9.97. The molecule has 0 radical (unpaired) electrons. The fraction of sp³-hybridized carbons (Fsp3) is 0.375. The second kappa shape index (κ2) is 8.70. The number of hydrogen-bond donors (Lipinski definition) is 0. The van der Waals surface area contributed by atoms with Crippen LogP contribution in [-0.2, 0) is 20.9 Å². The summed E-state index contributed by atoms with van der Waals surface area (Å²) in [4.78, 5) is 13.1. The molecule has 0 spiro atoms. The maximum absolute atomic E-state index is 13.1. The molecule has 0 N–H and O–H groups in total. The van der Waals surface area contributed by atoms with E-state index in [1.807, 2.05) is 36.4 Å². The number of ketones is 1. The summed E-state index contributed by atoms with van der Waals surface area (Å²) in [6.07, 6.45) is 3.96. The molecule has 3 atom stereocenters. The molecule has 152 valence electrons. The third-order valence-electron chi connectivity index (χ3n) is 5.73. The minimum Gasteiger partial charge on any atom is -0.496 e. The second-order valence-corrected chi connectivity index (χ2v) is 7.48. The van der Waals surface area contributed by atoms with Gasteiger partial charge in [-0.1, -0.05) is 36.4 Å². The number of ether oxygens (including phenoxy) is 4. The van der Waals surface area contributed by atoms with Crippen LogP contribution in [0, 0.1) is 5.92 Å². The monoisotopic (exact) mass is 394 g/mol. The van der Waals surface area contributed by atoms with Gasteiger partial charge < -0.3 is 18.9 Å². The van der Waals surface area contributed by atoms with E-state index in [9.17, 15) is 4.79 Å². The van der Waals surface area contributed by atoms with E-state index < -0.39 is 0 Å². The molecule has 1 saturated carbocycles. The Morgan fingerprint density at radius 2 is 1.79 bits per heavy atom. The van der Waals surface area contributed by atoms with Crippen molar-refractivity contribution in [3.63, 3.8) is 0 Å². The average molecular weight is 394 g/mol. The standard InChI is InChI=1S/C24H26O5/c1-26-21-11-8-17(12-23(21)27-2)20-15-29-22-13-18(9-10-19(22)24(20)25)28-14-16-6-4-3-5-7-16/h3-8,11-12,15,18-19,22H,9-10,13-14H2,1-2H3. The molecule has 1 fully saturated rings. The number of methoxy groups -OCH3 is 2. The van der Waals surface area contributed by atoms with Crippen LogP contribution in [0.3, 0.4) is 0 Å². The van der Waals surface area contributed by atoms with Gasteiger partial charge in [0.15, 0.2) is 17.3 Å². The molecule has 1 aliphatic heterocycles. The van der Waals surface area contributed by atoms with E-state index in [1.165, 1.54) is 0 Å². The molecule has 0 amide bonds. The van der Waals surface area contributed by atoms with E-state index >= 15 is 0 Å². The summed E-state index contributed by atoms with van der Waals surface area (Å²) in [6.45, 7) is 0.587. The van der Waals surface area contributed by atoms with Gasteiger partial charge in [-0.05, 0) is 36.1 Å². The lowest BCUT2D eigenvalue weighted by Crippen LogP contribution is -2.41. The first kappa shape index (κ1) is 19.5. The van der Waals surface area contributed by atoms with E-state index in [1.54, 1.807) is 20.5 Å². The number of allylic oxidation sites excluding steroid dienone is 1. The van der Waals surface area contributed by atoms with Crippen LogP contribution in [-0.4, -0.2) is 32.2 Å². The number of carbonyl (C=O) groups excluding carboxylic acids is 1. The van der Waals surface area contributed by atoms with Gasteiger partial charge in [0.1, 0.15) is 6.10 Å². The first-order valence-corrected chi connectivity index (χ1v) is 9.97. The Hall–Kier alpha value is -2.79. The number of fused-ring (bicyclic) bond motifs is 1. The minimum atomic E-state index is -0.125. The highest BCUT2D eigenvalue weighted by atomic mass is 16.5. The molecule has 29 heavy (non-hydrogen) atoms. The average Bonchev–Trinajstić information content (AvgIpc) is 2.78. The van der Waals surface area contributed by atoms with Crippen molar-refractivity contribution in [2.45, 2.75) is 38.1 Å². The summed E-state index contributed by atoms with van der Waals surface area (Å²) in [6, 6.07) is 15.6. The maximum Gasteiger partial charge on any atom is 0.173 e. The molecule has 2 aromatic carbocycles. The van der Waals surface area contributed by atoms with E-state index in [4.69, 9.17) is 18.9 Å². The van der Waals surface area contributed by atoms with E-state index in [2.05, 4.69) is 12.1 Å². The summed E-state index contributed by atoms with van der Waals surface area (Å²) in [5.74, 6) is 1.24. The molecule has 5 heteroatoms. The number of carbonyl (C=O) groups is 1. The Labute approximate surface area is 171 Å². The van der Waals surface area contributed by atoms with Crippen LogP contribution < -0.4 is 9.47 Å². The molecular weight excluding hydrogens is 368 g/mol. The van der Waals surface area contributed by atoms with E-state index in [0.29, 0.717) is 23.7 Å². The summed E-state index contributed by atoms with van der Waals surface area (Å²) < 4.78 is 22.7. The fourth-order valence-electron chi connectivity index (χ4n) is 4.11. The van der Waals surface area contributed by atoms with Crippen molar-refractivity contribution in [1.29, 1.82) is 0 Å². The second-order valence-electron chi connectivity index (χ2n) is 7.48. The van der Waals surface area contributed by atoms with Crippen LogP contribution >= 0.6 is 0 Å². The highest BCUT2D eigenvalue weighted by molar-refractivity contribution is 6.22. The zero-order valence-electron chi connectivity index (χ0n) is 16.8. The van der Waals surface area contributed by atoms with Crippen molar-refractivity contribution >= 4 is 11.4 Å². The Kier molecular flexibility index (Phi) is 5.86. The zero-order valence-corrected chi connectivity index (χ0v) is 16.8. The normalized spacial score (nSPS) is 23.6.